The fourth-order valence-corrected chi connectivity index (χ4v) is 3.14. The molecule has 4 nitrogen and oxygen atoms in total. The van der Waals surface area contributed by atoms with E-state index in [0.717, 1.165) is 24.1 Å². The molecule has 2 aromatic rings. The van der Waals surface area contributed by atoms with E-state index in [0.29, 0.717) is 33.3 Å². The second-order valence-electron chi connectivity index (χ2n) is 5.76. The van der Waals surface area contributed by atoms with Gasteiger partial charge in [-0.25, -0.2) is 4.68 Å². The van der Waals surface area contributed by atoms with Gasteiger partial charge >= 0.3 is 0 Å². The second-order valence-corrected chi connectivity index (χ2v) is 6.94. The number of aryl methyl sites for hydroxylation is 1. The van der Waals surface area contributed by atoms with Crippen molar-refractivity contribution >= 4 is 46.8 Å². The number of nitrogens with zero attached hydrogens (tertiary/aromatic N) is 2. The zero-order chi connectivity index (χ0) is 17.3. The molecule has 24 heavy (non-hydrogen) atoms. The SMILES string of the molecule is Cc1nn(Cc2c(Cl)cccc2Cl)c(Cl)c1/C=C/C(=O)NC1CC1. The topological polar surface area (TPSA) is 46.9 Å². The standard InChI is InChI=1S/C17H16Cl3N3O/c1-10-12(7-8-16(24)21-11-5-6-11)17(20)23(22-10)9-13-14(18)3-2-4-15(13)19/h2-4,7-8,11H,5-6,9H2,1H3,(H,21,24)/b8-7+. The van der Waals surface area contributed by atoms with Crippen molar-refractivity contribution < 1.29 is 4.79 Å². The normalized spacial score (nSPS) is 14.3. The van der Waals surface area contributed by atoms with Gasteiger partial charge in [-0.05, 0) is 38.0 Å². The lowest BCUT2D eigenvalue weighted by Crippen LogP contribution is -2.22. The zero-order valence-electron chi connectivity index (χ0n) is 13.0. The molecule has 126 valence electrons. The first kappa shape index (κ1) is 17.3. The van der Waals surface area contributed by atoms with Gasteiger partial charge in [-0.2, -0.15) is 5.10 Å². The number of benzene rings is 1. The van der Waals surface area contributed by atoms with Crippen molar-refractivity contribution in [3.8, 4) is 0 Å². The van der Waals surface area contributed by atoms with Crippen LogP contribution < -0.4 is 5.32 Å². The first-order chi connectivity index (χ1) is 11.5. The Hall–Kier alpha value is -1.49. The molecule has 0 saturated heterocycles. The summed E-state index contributed by atoms with van der Waals surface area (Å²) in [6, 6.07) is 5.66. The molecular formula is C17H16Cl3N3O. The van der Waals surface area contributed by atoms with E-state index in [1.165, 1.54) is 6.08 Å². The Kier molecular flexibility index (Phi) is 5.18. The van der Waals surface area contributed by atoms with Crippen molar-refractivity contribution in [3.05, 3.63) is 56.3 Å². The monoisotopic (exact) mass is 383 g/mol. The number of carbonyl (C=O) groups excluding carboxylic acids is 1. The highest BCUT2D eigenvalue weighted by atomic mass is 35.5. The first-order valence-corrected chi connectivity index (χ1v) is 8.73. The van der Waals surface area contributed by atoms with Crippen LogP contribution in [0.25, 0.3) is 6.08 Å². The van der Waals surface area contributed by atoms with Crippen LogP contribution in [0.1, 0.15) is 29.7 Å². The molecule has 0 bridgehead atoms. The lowest BCUT2D eigenvalue weighted by Gasteiger charge is -2.08. The van der Waals surface area contributed by atoms with E-state index in [1.54, 1.807) is 29.0 Å². The molecule has 1 amide bonds. The third-order valence-electron chi connectivity index (χ3n) is 3.80. The number of amides is 1. The average Bonchev–Trinajstić information content (AvgIpc) is 3.29. The molecule has 1 aliphatic rings. The molecule has 1 heterocycles. The van der Waals surface area contributed by atoms with E-state index in [2.05, 4.69) is 10.4 Å². The minimum absolute atomic E-state index is 0.116. The minimum Gasteiger partial charge on any atom is -0.350 e. The van der Waals surface area contributed by atoms with E-state index in [4.69, 9.17) is 34.8 Å². The van der Waals surface area contributed by atoms with Crippen molar-refractivity contribution in [1.29, 1.82) is 0 Å². The van der Waals surface area contributed by atoms with Crippen LogP contribution in [0.3, 0.4) is 0 Å². The molecule has 1 aromatic carbocycles. The number of hydrogen-bond acceptors (Lipinski definition) is 2. The third kappa shape index (κ3) is 3.94. The van der Waals surface area contributed by atoms with Gasteiger partial charge in [0, 0.05) is 33.3 Å². The molecule has 1 fully saturated rings. The van der Waals surface area contributed by atoms with Crippen LogP contribution >= 0.6 is 34.8 Å². The number of hydrogen-bond donors (Lipinski definition) is 1. The molecule has 0 unspecified atom stereocenters. The molecule has 1 aromatic heterocycles. The Morgan fingerprint density at radius 1 is 1.33 bits per heavy atom. The predicted molar refractivity (Wildman–Crippen MR) is 97.7 cm³/mol. The molecule has 0 atom stereocenters. The quantitative estimate of drug-likeness (QED) is 0.772. The summed E-state index contributed by atoms with van der Waals surface area (Å²) in [4.78, 5) is 11.8. The van der Waals surface area contributed by atoms with Crippen LogP contribution in [0, 0.1) is 6.92 Å². The van der Waals surface area contributed by atoms with Crippen LogP contribution in [-0.4, -0.2) is 21.7 Å². The zero-order valence-corrected chi connectivity index (χ0v) is 15.3. The van der Waals surface area contributed by atoms with Gasteiger partial charge in [0.15, 0.2) is 0 Å². The lowest BCUT2D eigenvalue weighted by molar-refractivity contribution is -0.116. The lowest BCUT2D eigenvalue weighted by atomic mass is 10.2. The largest absolute Gasteiger partial charge is 0.350 e. The van der Waals surface area contributed by atoms with Crippen LogP contribution in [0.5, 0.6) is 0 Å². The summed E-state index contributed by atoms with van der Waals surface area (Å²) in [6.07, 6.45) is 5.28. The Morgan fingerprint density at radius 2 is 2.00 bits per heavy atom. The molecule has 0 radical (unpaired) electrons. The maximum absolute atomic E-state index is 11.8. The number of carbonyl (C=O) groups is 1. The molecule has 7 heteroatoms. The van der Waals surface area contributed by atoms with E-state index in [9.17, 15) is 4.79 Å². The molecule has 3 rings (SSSR count). The number of rotatable bonds is 5. The summed E-state index contributed by atoms with van der Waals surface area (Å²) in [5.41, 5.74) is 2.21. The average molecular weight is 385 g/mol. The first-order valence-electron chi connectivity index (χ1n) is 7.60. The molecule has 1 saturated carbocycles. The van der Waals surface area contributed by atoms with E-state index < -0.39 is 0 Å². The molecule has 1 N–H and O–H groups in total. The van der Waals surface area contributed by atoms with Crippen LogP contribution in [0.15, 0.2) is 24.3 Å². The maximum atomic E-state index is 11.8. The van der Waals surface area contributed by atoms with Gasteiger partial charge in [0.05, 0.1) is 12.2 Å². The van der Waals surface area contributed by atoms with Crippen LogP contribution in [0.4, 0.5) is 0 Å². The second kappa shape index (κ2) is 7.18. The fourth-order valence-electron chi connectivity index (χ4n) is 2.33. The van der Waals surface area contributed by atoms with Crippen LogP contribution in [-0.2, 0) is 11.3 Å². The van der Waals surface area contributed by atoms with Gasteiger partial charge in [0.25, 0.3) is 0 Å². The number of halogens is 3. The van der Waals surface area contributed by atoms with Gasteiger partial charge in [0.1, 0.15) is 5.15 Å². The number of nitrogens with one attached hydrogen (secondary N) is 1. The Labute approximate surface area is 155 Å². The smallest absolute Gasteiger partial charge is 0.244 e. The summed E-state index contributed by atoms with van der Waals surface area (Å²) in [7, 11) is 0. The Balaban J connectivity index is 1.81. The fraction of sp³-hybridized carbons (Fsp3) is 0.294. The Bertz CT molecular complexity index is 789. The summed E-state index contributed by atoms with van der Waals surface area (Å²) < 4.78 is 1.63. The van der Waals surface area contributed by atoms with E-state index >= 15 is 0 Å². The highest BCUT2D eigenvalue weighted by Gasteiger charge is 2.22. The summed E-state index contributed by atoms with van der Waals surface area (Å²) in [6.45, 7) is 2.20. The maximum Gasteiger partial charge on any atom is 0.244 e. The van der Waals surface area contributed by atoms with Gasteiger partial charge in [-0.15, -0.1) is 0 Å². The molecule has 0 spiro atoms. The van der Waals surface area contributed by atoms with Crippen LogP contribution in [0.2, 0.25) is 15.2 Å². The van der Waals surface area contributed by atoms with Gasteiger partial charge < -0.3 is 5.32 Å². The van der Waals surface area contributed by atoms with E-state index in [1.807, 2.05) is 6.92 Å². The van der Waals surface area contributed by atoms with Crippen molar-refractivity contribution in [2.24, 2.45) is 0 Å². The number of aromatic nitrogens is 2. The highest BCUT2D eigenvalue weighted by molar-refractivity contribution is 6.36. The van der Waals surface area contributed by atoms with Gasteiger partial charge in [0.2, 0.25) is 5.91 Å². The predicted octanol–water partition coefficient (Wildman–Crippen LogP) is 4.49. The summed E-state index contributed by atoms with van der Waals surface area (Å²) >= 11 is 18.8. The molecular weight excluding hydrogens is 369 g/mol. The van der Waals surface area contributed by atoms with Crippen molar-refractivity contribution in [2.45, 2.75) is 32.4 Å². The van der Waals surface area contributed by atoms with E-state index in [-0.39, 0.29) is 5.91 Å². The van der Waals surface area contributed by atoms with Crippen molar-refractivity contribution in [1.82, 2.24) is 15.1 Å². The third-order valence-corrected chi connectivity index (χ3v) is 4.91. The highest BCUT2D eigenvalue weighted by Crippen LogP contribution is 2.28. The Morgan fingerprint density at radius 3 is 2.62 bits per heavy atom. The van der Waals surface area contributed by atoms with Crippen molar-refractivity contribution in [2.75, 3.05) is 0 Å². The van der Waals surface area contributed by atoms with Gasteiger partial charge in [-0.3, -0.25) is 4.79 Å². The molecule has 1 aliphatic carbocycles. The summed E-state index contributed by atoms with van der Waals surface area (Å²) in [5, 5.41) is 8.89. The van der Waals surface area contributed by atoms with Crippen molar-refractivity contribution in [3.63, 3.8) is 0 Å². The van der Waals surface area contributed by atoms with Gasteiger partial charge in [-0.1, -0.05) is 40.9 Å². The summed E-state index contributed by atoms with van der Waals surface area (Å²) in [5.74, 6) is -0.116. The minimum atomic E-state index is -0.116. The molecule has 0 aliphatic heterocycles.